The summed E-state index contributed by atoms with van der Waals surface area (Å²) < 4.78 is 5.94. The van der Waals surface area contributed by atoms with E-state index in [0.29, 0.717) is 6.42 Å². The van der Waals surface area contributed by atoms with Gasteiger partial charge in [-0.2, -0.15) is 0 Å². The summed E-state index contributed by atoms with van der Waals surface area (Å²) >= 11 is 0. The molecule has 18 heavy (non-hydrogen) atoms. The van der Waals surface area contributed by atoms with Gasteiger partial charge in [-0.15, -0.1) is 0 Å². The third-order valence-electron chi connectivity index (χ3n) is 2.84. The zero-order valence-corrected chi connectivity index (χ0v) is 10.4. The van der Waals surface area contributed by atoms with E-state index in [0.717, 1.165) is 23.2 Å². The summed E-state index contributed by atoms with van der Waals surface area (Å²) in [6.07, 6.45) is 1.04. The van der Waals surface area contributed by atoms with Gasteiger partial charge < -0.3 is 9.53 Å². The van der Waals surface area contributed by atoms with E-state index in [1.54, 1.807) is 0 Å². The van der Waals surface area contributed by atoms with Gasteiger partial charge in [0.1, 0.15) is 18.1 Å². The molecule has 2 rings (SSSR count). The molecule has 2 heteroatoms. The van der Waals surface area contributed by atoms with E-state index in [4.69, 9.17) is 4.74 Å². The number of carbonyl (C=O) groups is 1. The Balaban J connectivity index is 2.22. The van der Waals surface area contributed by atoms with E-state index in [-0.39, 0.29) is 6.10 Å². The summed E-state index contributed by atoms with van der Waals surface area (Å²) in [5.74, 6) is 0.827. The Kier molecular flexibility index (Phi) is 4.13. The number of aldehydes is 1. The normalized spacial score (nSPS) is 11.8. The van der Waals surface area contributed by atoms with Crippen molar-refractivity contribution in [2.75, 3.05) is 0 Å². The molecule has 0 aliphatic heterocycles. The van der Waals surface area contributed by atoms with E-state index < -0.39 is 0 Å². The molecule has 0 fully saturated rings. The van der Waals surface area contributed by atoms with Crippen LogP contribution in [0.3, 0.4) is 0 Å². The minimum atomic E-state index is -0.218. The minimum absolute atomic E-state index is 0.218. The number of hydrogen-bond acceptors (Lipinski definition) is 2. The van der Waals surface area contributed by atoms with Crippen LogP contribution in [-0.2, 0) is 4.79 Å². The van der Waals surface area contributed by atoms with Gasteiger partial charge in [0.15, 0.2) is 0 Å². The molecule has 0 saturated carbocycles. The summed E-state index contributed by atoms with van der Waals surface area (Å²) in [7, 11) is 0. The topological polar surface area (TPSA) is 26.3 Å². The predicted molar refractivity (Wildman–Crippen MR) is 71.7 cm³/mol. The van der Waals surface area contributed by atoms with Gasteiger partial charge in [-0.05, 0) is 24.1 Å². The highest BCUT2D eigenvalue weighted by Crippen LogP contribution is 2.26. The molecule has 92 valence electrons. The number of hydrogen-bond donors (Lipinski definition) is 0. The van der Waals surface area contributed by atoms with Crippen molar-refractivity contribution in [3.05, 3.63) is 65.7 Å². The van der Waals surface area contributed by atoms with Gasteiger partial charge in [0, 0.05) is 6.42 Å². The molecule has 0 aliphatic carbocycles. The van der Waals surface area contributed by atoms with Crippen LogP contribution in [0.15, 0.2) is 54.6 Å². The summed E-state index contributed by atoms with van der Waals surface area (Å²) in [6, 6.07) is 17.6. The van der Waals surface area contributed by atoms with Crippen molar-refractivity contribution in [3.63, 3.8) is 0 Å². The largest absolute Gasteiger partial charge is 0.485 e. The number of aryl methyl sites for hydroxylation is 1. The molecule has 1 unspecified atom stereocenters. The maximum absolute atomic E-state index is 10.8. The Morgan fingerprint density at radius 1 is 1.06 bits per heavy atom. The fraction of sp³-hybridized carbons (Fsp3) is 0.188. The molecule has 0 heterocycles. The molecular weight excluding hydrogens is 224 g/mol. The first-order valence-electron chi connectivity index (χ1n) is 6.02. The smallest absolute Gasteiger partial charge is 0.130 e. The molecular formula is C16H16O2. The zero-order chi connectivity index (χ0) is 12.8. The third-order valence-corrected chi connectivity index (χ3v) is 2.84. The summed E-state index contributed by atoms with van der Waals surface area (Å²) in [6.45, 7) is 2.00. The molecule has 0 spiro atoms. The van der Waals surface area contributed by atoms with Gasteiger partial charge in [0.2, 0.25) is 0 Å². The zero-order valence-electron chi connectivity index (χ0n) is 10.4. The Labute approximate surface area is 107 Å². The van der Waals surface area contributed by atoms with Crippen molar-refractivity contribution in [2.24, 2.45) is 0 Å². The van der Waals surface area contributed by atoms with Gasteiger partial charge in [-0.3, -0.25) is 0 Å². The van der Waals surface area contributed by atoms with Crippen LogP contribution in [0, 0.1) is 6.92 Å². The number of carbonyl (C=O) groups excluding carboxylic acids is 1. The molecule has 2 aromatic rings. The highest BCUT2D eigenvalue weighted by Gasteiger charge is 2.13. The lowest BCUT2D eigenvalue weighted by molar-refractivity contribution is -0.109. The number of rotatable bonds is 5. The van der Waals surface area contributed by atoms with Crippen molar-refractivity contribution < 1.29 is 9.53 Å². The van der Waals surface area contributed by atoms with Gasteiger partial charge >= 0.3 is 0 Å². The lowest BCUT2D eigenvalue weighted by atomic mass is 10.1. The second kappa shape index (κ2) is 6.01. The first-order valence-corrected chi connectivity index (χ1v) is 6.02. The van der Waals surface area contributed by atoms with Crippen LogP contribution in [0.1, 0.15) is 23.7 Å². The lowest BCUT2D eigenvalue weighted by Crippen LogP contribution is -2.08. The quantitative estimate of drug-likeness (QED) is 0.745. The molecule has 0 amide bonds. The van der Waals surface area contributed by atoms with Crippen LogP contribution in [0.2, 0.25) is 0 Å². The maximum atomic E-state index is 10.8. The molecule has 0 radical (unpaired) electrons. The summed E-state index contributed by atoms with van der Waals surface area (Å²) in [5, 5.41) is 0. The SMILES string of the molecule is Cc1ccccc1OC(CC=O)c1ccccc1. The van der Waals surface area contributed by atoms with Crippen molar-refractivity contribution in [1.29, 1.82) is 0 Å². The number of para-hydroxylation sites is 1. The second-order valence-electron chi connectivity index (χ2n) is 4.19. The van der Waals surface area contributed by atoms with E-state index in [1.165, 1.54) is 0 Å². The van der Waals surface area contributed by atoms with E-state index in [1.807, 2.05) is 61.5 Å². The molecule has 0 saturated heterocycles. The monoisotopic (exact) mass is 240 g/mol. The first-order chi connectivity index (χ1) is 8.81. The fourth-order valence-electron chi connectivity index (χ4n) is 1.85. The number of benzene rings is 2. The van der Waals surface area contributed by atoms with Crippen LogP contribution >= 0.6 is 0 Å². The Hall–Kier alpha value is -2.09. The van der Waals surface area contributed by atoms with E-state index >= 15 is 0 Å². The Morgan fingerprint density at radius 3 is 2.39 bits per heavy atom. The Morgan fingerprint density at radius 2 is 1.72 bits per heavy atom. The Bertz CT molecular complexity index is 506. The highest BCUT2D eigenvalue weighted by atomic mass is 16.5. The molecule has 0 aliphatic rings. The van der Waals surface area contributed by atoms with Crippen LogP contribution in [0.4, 0.5) is 0 Å². The molecule has 2 nitrogen and oxygen atoms in total. The average Bonchev–Trinajstić information content (AvgIpc) is 2.42. The number of ether oxygens (including phenoxy) is 1. The maximum Gasteiger partial charge on any atom is 0.130 e. The third kappa shape index (κ3) is 2.98. The van der Waals surface area contributed by atoms with Crippen LogP contribution in [0.25, 0.3) is 0 Å². The summed E-state index contributed by atoms with van der Waals surface area (Å²) in [4.78, 5) is 10.8. The van der Waals surface area contributed by atoms with E-state index in [9.17, 15) is 4.79 Å². The van der Waals surface area contributed by atoms with Crippen molar-refractivity contribution in [1.82, 2.24) is 0 Å². The fourth-order valence-corrected chi connectivity index (χ4v) is 1.85. The highest BCUT2D eigenvalue weighted by molar-refractivity contribution is 5.51. The van der Waals surface area contributed by atoms with Gasteiger partial charge in [0.25, 0.3) is 0 Å². The van der Waals surface area contributed by atoms with Crippen molar-refractivity contribution >= 4 is 6.29 Å². The molecule has 1 atom stereocenters. The molecule has 0 aromatic heterocycles. The van der Waals surface area contributed by atoms with Gasteiger partial charge in [0.05, 0.1) is 0 Å². The van der Waals surface area contributed by atoms with Crippen molar-refractivity contribution in [2.45, 2.75) is 19.4 Å². The predicted octanol–water partition coefficient (Wildman–Crippen LogP) is 3.70. The van der Waals surface area contributed by atoms with Gasteiger partial charge in [-0.25, -0.2) is 0 Å². The average molecular weight is 240 g/mol. The standard InChI is InChI=1S/C16H16O2/c1-13-7-5-6-10-15(13)18-16(11-12-17)14-8-3-2-4-9-14/h2-10,12,16H,11H2,1H3. The van der Waals surface area contributed by atoms with Gasteiger partial charge in [-0.1, -0.05) is 48.5 Å². The first kappa shape index (κ1) is 12.4. The van der Waals surface area contributed by atoms with Crippen LogP contribution in [-0.4, -0.2) is 6.29 Å². The van der Waals surface area contributed by atoms with Crippen LogP contribution < -0.4 is 4.74 Å². The minimum Gasteiger partial charge on any atom is -0.485 e. The van der Waals surface area contributed by atoms with Crippen LogP contribution in [0.5, 0.6) is 5.75 Å². The lowest BCUT2D eigenvalue weighted by Gasteiger charge is -2.18. The molecule has 0 bridgehead atoms. The molecule has 0 N–H and O–H groups in total. The molecule has 2 aromatic carbocycles. The van der Waals surface area contributed by atoms with Crippen molar-refractivity contribution in [3.8, 4) is 5.75 Å². The second-order valence-corrected chi connectivity index (χ2v) is 4.19. The summed E-state index contributed by atoms with van der Waals surface area (Å²) in [5.41, 5.74) is 2.09. The van der Waals surface area contributed by atoms with E-state index in [2.05, 4.69) is 0 Å².